The number of carboxylic acid groups (broad SMARTS) is 1. The maximum Gasteiger partial charge on any atom is 0.306 e. The van der Waals surface area contributed by atoms with E-state index in [-0.39, 0.29) is 38.6 Å². The third kappa shape index (κ3) is 69.3. The summed E-state index contributed by atoms with van der Waals surface area (Å²) in [5.41, 5.74) is 0. The van der Waals surface area contributed by atoms with Crippen molar-refractivity contribution in [3.63, 3.8) is 0 Å². The molecule has 2 atom stereocenters. The number of nitrogens with zero attached hydrogens (tertiary/aromatic N) is 1. The molecular weight excluding hydrogens is 1080 g/mol. The van der Waals surface area contributed by atoms with Crippen LogP contribution in [0, 0.1) is 0 Å². The number of ether oxygens (including phenoxy) is 4. The molecule has 0 aromatic carbocycles. The van der Waals surface area contributed by atoms with Gasteiger partial charge in [-0.2, -0.15) is 0 Å². The Hall–Kier alpha value is -4.05. The van der Waals surface area contributed by atoms with Gasteiger partial charge in [-0.25, -0.2) is 0 Å². The summed E-state index contributed by atoms with van der Waals surface area (Å²) in [6, 6.07) is 0. The van der Waals surface area contributed by atoms with Crippen molar-refractivity contribution < 1.29 is 42.9 Å². The van der Waals surface area contributed by atoms with Crippen LogP contribution in [0.4, 0.5) is 0 Å². The first-order valence-corrected chi connectivity index (χ1v) is 36.0. The van der Waals surface area contributed by atoms with Gasteiger partial charge in [0.1, 0.15) is 13.2 Å². The van der Waals surface area contributed by atoms with Crippen LogP contribution in [0.15, 0.2) is 109 Å². The number of carbonyl (C=O) groups excluding carboxylic acids is 3. The van der Waals surface area contributed by atoms with Crippen molar-refractivity contribution in [3.05, 3.63) is 109 Å². The van der Waals surface area contributed by atoms with E-state index in [4.69, 9.17) is 18.9 Å². The van der Waals surface area contributed by atoms with Gasteiger partial charge in [0.25, 0.3) is 0 Å². The highest BCUT2D eigenvalue weighted by Crippen LogP contribution is 2.18. The molecule has 0 bridgehead atoms. The van der Waals surface area contributed by atoms with Gasteiger partial charge in [0.05, 0.1) is 40.3 Å². The summed E-state index contributed by atoms with van der Waals surface area (Å²) >= 11 is 0. The van der Waals surface area contributed by atoms with Crippen LogP contribution in [-0.4, -0.2) is 82.3 Å². The lowest BCUT2D eigenvalue weighted by molar-refractivity contribution is -0.870. The number of allylic oxidation sites excluding steroid dienone is 18. The number of carboxylic acids is 1. The minimum absolute atomic E-state index is 0.132. The van der Waals surface area contributed by atoms with Crippen LogP contribution in [0.5, 0.6) is 0 Å². The van der Waals surface area contributed by atoms with E-state index in [2.05, 4.69) is 123 Å². The van der Waals surface area contributed by atoms with Gasteiger partial charge in [0.15, 0.2) is 12.4 Å². The van der Waals surface area contributed by atoms with Crippen molar-refractivity contribution in [1.29, 1.82) is 0 Å². The Morgan fingerprint density at radius 2 is 0.655 bits per heavy atom. The maximum atomic E-state index is 12.9. The fourth-order valence-corrected chi connectivity index (χ4v) is 10.1. The molecule has 0 heterocycles. The number of unbranched alkanes of at least 4 members (excludes halogenated alkanes) is 33. The molecule has 0 aliphatic heterocycles. The Kier molecular flexibility index (Phi) is 64.7. The molecule has 0 aromatic heterocycles. The molecule has 87 heavy (non-hydrogen) atoms. The number of likely N-dealkylation sites (N-methyl/N-ethyl adjacent to an activating group) is 1. The molecule has 0 rings (SSSR count). The van der Waals surface area contributed by atoms with Crippen LogP contribution in [0.2, 0.25) is 0 Å². The molecule has 0 aliphatic carbocycles. The molecule has 500 valence electrons. The highest BCUT2D eigenvalue weighted by molar-refractivity contribution is 5.70. The number of esters is 2. The summed E-state index contributed by atoms with van der Waals surface area (Å²) in [7, 11) is 5.91. The van der Waals surface area contributed by atoms with Crippen LogP contribution < -0.4 is 5.11 Å². The monoisotopic (exact) mass is 1210 g/mol. The fraction of sp³-hybridized carbons (Fsp3) is 0.731. The molecule has 0 fully saturated rings. The predicted molar refractivity (Wildman–Crippen MR) is 370 cm³/mol. The molecule has 9 heteroatoms. The second-order valence-corrected chi connectivity index (χ2v) is 25.2. The zero-order valence-electron chi connectivity index (χ0n) is 57.1. The summed E-state index contributed by atoms with van der Waals surface area (Å²) < 4.78 is 22.7. The smallest absolute Gasteiger partial charge is 0.306 e. The lowest BCUT2D eigenvalue weighted by Crippen LogP contribution is -2.44. The summed E-state index contributed by atoms with van der Waals surface area (Å²) in [6.45, 7) is 4.60. The van der Waals surface area contributed by atoms with Gasteiger partial charge in [0, 0.05) is 12.8 Å². The van der Waals surface area contributed by atoms with E-state index in [1.165, 1.54) is 193 Å². The molecule has 0 aliphatic rings. The van der Waals surface area contributed by atoms with Crippen molar-refractivity contribution in [1.82, 2.24) is 0 Å². The van der Waals surface area contributed by atoms with E-state index in [0.29, 0.717) is 23.9 Å². The predicted octanol–water partition coefficient (Wildman–Crippen LogP) is 21.2. The van der Waals surface area contributed by atoms with Crippen LogP contribution in [0.1, 0.15) is 309 Å². The van der Waals surface area contributed by atoms with E-state index in [9.17, 15) is 19.5 Å². The molecule has 0 saturated carbocycles. The molecule has 0 saturated heterocycles. The van der Waals surface area contributed by atoms with Gasteiger partial charge >= 0.3 is 11.9 Å². The number of aliphatic carboxylic acids is 1. The lowest BCUT2D eigenvalue weighted by Gasteiger charge is -2.26. The minimum Gasteiger partial charge on any atom is -0.545 e. The first kappa shape index (κ1) is 83.0. The number of carbonyl (C=O) groups is 3. The first-order chi connectivity index (χ1) is 42.6. The quantitative estimate of drug-likeness (QED) is 0.0195. The second-order valence-electron chi connectivity index (χ2n) is 25.2. The third-order valence-electron chi connectivity index (χ3n) is 15.5. The summed E-state index contributed by atoms with van der Waals surface area (Å²) in [6.07, 6.45) is 92.0. The summed E-state index contributed by atoms with van der Waals surface area (Å²) in [5.74, 6) is -2.36. The molecule has 9 nitrogen and oxygen atoms in total. The minimum atomic E-state index is -1.64. The van der Waals surface area contributed by atoms with E-state index in [0.717, 1.165) is 77.0 Å². The van der Waals surface area contributed by atoms with Crippen molar-refractivity contribution >= 4 is 17.9 Å². The Labute approximate surface area is 536 Å². The molecule has 0 amide bonds. The van der Waals surface area contributed by atoms with Crippen molar-refractivity contribution in [3.8, 4) is 0 Å². The largest absolute Gasteiger partial charge is 0.545 e. The number of hydrogen-bond donors (Lipinski definition) is 0. The van der Waals surface area contributed by atoms with Crippen molar-refractivity contribution in [2.75, 3.05) is 47.5 Å². The van der Waals surface area contributed by atoms with Crippen LogP contribution in [-0.2, 0) is 33.3 Å². The Bertz CT molecular complexity index is 1800. The zero-order chi connectivity index (χ0) is 63.3. The van der Waals surface area contributed by atoms with Crippen LogP contribution in [0.25, 0.3) is 0 Å². The number of hydrogen-bond acceptors (Lipinski definition) is 8. The van der Waals surface area contributed by atoms with Gasteiger partial charge in [-0.1, -0.05) is 329 Å². The Morgan fingerprint density at radius 3 is 0.966 bits per heavy atom. The standard InChI is InChI=1S/C78H135NO8/c1-6-8-10-12-14-16-18-20-22-24-26-28-30-32-34-36-37-38-39-41-42-44-46-48-50-52-54-56-58-60-62-64-66-68-75(80)85-72-74(73-86-78(77(82)83)84-71-70-79(3,4)5)87-76(81)69-67-65-63-61-59-57-55-53-51-49-47-45-43-40-35-33-31-29-27-25-23-21-19-17-15-13-11-9-7-2/h9,11,15,17,21,23,27,29,33,35,43,45,49,51,55,57,61,63,74,78H,6-8,10,12-14,16,18-20,22,24-26,28,30-32,34,36-42,44,46-48,50,52-54,56,58-60,62,64-73H2,1-5H3/b11-9-,17-15-,23-21-,29-27-,35-33-,45-43-,51-49-,57-55-,63-61-. The number of quaternary nitrogens is 1. The van der Waals surface area contributed by atoms with E-state index < -0.39 is 24.3 Å². The topological polar surface area (TPSA) is 111 Å². The average Bonchev–Trinajstić information content (AvgIpc) is 3.57. The van der Waals surface area contributed by atoms with Gasteiger partial charge in [-0.05, 0) is 77.0 Å². The summed E-state index contributed by atoms with van der Waals surface area (Å²) in [4.78, 5) is 37.5. The van der Waals surface area contributed by atoms with E-state index in [1.807, 2.05) is 21.1 Å². The Balaban J connectivity index is 4.17. The number of rotatable bonds is 66. The van der Waals surface area contributed by atoms with Crippen molar-refractivity contribution in [2.24, 2.45) is 0 Å². The van der Waals surface area contributed by atoms with Gasteiger partial charge in [-0.15, -0.1) is 0 Å². The molecule has 0 radical (unpaired) electrons. The zero-order valence-corrected chi connectivity index (χ0v) is 57.1. The summed E-state index contributed by atoms with van der Waals surface area (Å²) in [5, 5.41) is 11.8. The third-order valence-corrected chi connectivity index (χ3v) is 15.5. The molecule has 0 spiro atoms. The lowest BCUT2D eigenvalue weighted by atomic mass is 10.0. The van der Waals surface area contributed by atoms with Crippen LogP contribution >= 0.6 is 0 Å². The molecular formula is C78H135NO8. The molecule has 0 N–H and O–H groups in total. The first-order valence-electron chi connectivity index (χ1n) is 36.0. The van der Waals surface area contributed by atoms with E-state index >= 15 is 0 Å². The average molecular weight is 1210 g/mol. The fourth-order valence-electron chi connectivity index (χ4n) is 10.1. The van der Waals surface area contributed by atoms with Gasteiger partial charge in [-0.3, -0.25) is 9.59 Å². The molecule has 0 aromatic rings. The van der Waals surface area contributed by atoms with Crippen LogP contribution in [0.3, 0.4) is 0 Å². The normalized spacial score (nSPS) is 13.3. The van der Waals surface area contributed by atoms with E-state index in [1.54, 1.807) is 0 Å². The highest BCUT2D eigenvalue weighted by atomic mass is 16.7. The maximum absolute atomic E-state index is 12.9. The van der Waals surface area contributed by atoms with Gasteiger partial charge in [0.2, 0.25) is 0 Å². The van der Waals surface area contributed by atoms with Crippen molar-refractivity contribution in [2.45, 2.75) is 322 Å². The second kappa shape index (κ2) is 67.9. The molecule has 2 unspecified atom stereocenters. The SMILES string of the molecule is CC/C=C\C/C=C\C/C=C\C/C=C\C/C=C\C/C=C\C/C=C\C/C=C\C/C=C\CCCC(=O)OC(COC(=O)CCCCCCCCCCCCCCCCCCCCCCCCCCCCCCCCCCC)COC(OCC[N+](C)(C)C)C(=O)[O-]. The highest BCUT2D eigenvalue weighted by Gasteiger charge is 2.22. The Morgan fingerprint density at radius 1 is 0.356 bits per heavy atom. The van der Waals surface area contributed by atoms with Gasteiger partial charge < -0.3 is 33.3 Å².